The van der Waals surface area contributed by atoms with E-state index in [1.807, 2.05) is 0 Å². The van der Waals surface area contributed by atoms with Crippen LogP contribution in [0.3, 0.4) is 0 Å². The highest BCUT2D eigenvalue weighted by Gasteiger charge is 2.31. The molecule has 7 nitrogen and oxygen atoms in total. The van der Waals surface area contributed by atoms with Crippen molar-refractivity contribution in [3.8, 4) is 0 Å². The second-order valence-corrected chi connectivity index (χ2v) is 8.63. The van der Waals surface area contributed by atoms with Gasteiger partial charge in [-0.2, -0.15) is 0 Å². The molecule has 0 saturated heterocycles. The number of carbonyl (C=O) groups excluding carboxylic acids is 2. The van der Waals surface area contributed by atoms with Gasteiger partial charge in [-0.25, -0.2) is 17.9 Å². The summed E-state index contributed by atoms with van der Waals surface area (Å²) in [5.74, 6) is -1.08. The van der Waals surface area contributed by atoms with Crippen LogP contribution in [0.15, 0.2) is 29.2 Å². The molecule has 0 fully saturated rings. The fourth-order valence-electron chi connectivity index (χ4n) is 1.91. The maximum Gasteiger partial charge on any atom is 0.330 e. The van der Waals surface area contributed by atoms with E-state index >= 15 is 0 Å². The molecule has 0 aliphatic carbocycles. The van der Waals surface area contributed by atoms with E-state index < -0.39 is 33.0 Å². The second-order valence-electron chi connectivity index (χ2n) is 6.95. The van der Waals surface area contributed by atoms with Gasteiger partial charge < -0.3 is 10.1 Å². The second kappa shape index (κ2) is 6.90. The number of benzene rings is 1. The van der Waals surface area contributed by atoms with Gasteiger partial charge in [0.2, 0.25) is 10.0 Å². The van der Waals surface area contributed by atoms with Crippen molar-refractivity contribution < 1.29 is 22.7 Å². The van der Waals surface area contributed by atoms with Gasteiger partial charge in [0, 0.05) is 11.1 Å². The molecule has 0 saturated carbocycles. The molecule has 1 aromatic rings. The molecule has 134 valence electrons. The van der Waals surface area contributed by atoms with Gasteiger partial charge in [-0.15, -0.1) is 0 Å². The van der Waals surface area contributed by atoms with E-state index in [2.05, 4.69) is 14.8 Å². The van der Waals surface area contributed by atoms with E-state index in [1.54, 1.807) is 20.8 Å². The summed E-state index contributed by atoms with van der Waals surface area (Å²) >= 11 is 0. The largest absolute Gasteiger partial charge is 0.467 e. The van der Waals surface area contributed by atoms with Gasteiger partial charge in [0.05, 0.1) is 12.0 Å². The summed E-state index contributed by atoms with van der Waals surface area (Å²) in [5, 5.41) is 2.54. The van der Waals surface area contributed by atoms with E-state index in [1.165, 1.54) is 45.2 Å². The molecule has 1 aromatic carbocycles. The Bertz CT molecular complexity index is 716. The molecule has 0 aliphatic rings. The predicted octanol–water partition coefficient (Wildman–Crippen LogP) is 1.44. The number of amides is 1. The molecule has 0 aromatic heterocycles. The van der Waals surface area contributed by atoms with E-state index in [-0.39, 0.29) is 10.5 Å². The third-order valence-electron chi connectivity index (χ3n) is 2.99. The van der Waals surface area contributed by atoms with Crippen molar-refractivity contribution in [3.05, 3.63) is 29.8 Å². The predicted molar refractivity (Wildman–Crippen MR) is 90.1 cm³/mol. The first kappa shape index (κ1) is 20.1. The Balaban J connectivity index is 2.96. The molecule has 0 atom stereocenters. The zero-order valence-electron chi connectivity index (χ0n) is 14.8. The molecule has 8 heteroatoms. The van der Waals surface area contributed by atoms with Crippen molar-refractivity contribution in [2.45, 2.75) is 50.6 Å². The monoisotopic (exact) mass is 356 g/mol. The molecule has 0 aliphatic heterocycles. The van der Waals surface area contributed by atoms with Crippen LogP contribution in [-0.2, 0) is 19.6 Å². The van der Waals surface area contributed by atoms with Crippen LogP contribution in [0.1, 0.15) is 45.0 Å². The summed E-state index contributed by atoms with van der Waals surface area (Å²) in [6, 6.07) is 5.46. The number of sulfonamides is 1. The molecule has 0 spiro atoms. The number of methoxy groups -OCH3 is 1. The van der Waals surface area contributed by atoms with Crippen LogP contribution < -0.4 is 10.0 Å². The van der Waals surface area contributed by atoms with Crippen LogP contribution >= 0.6 is 0 Å². The highest BCUT2D eigenvalue weighted by atomic mass is 32.2. The van der Waals surface area contributed by atoms with Gasteiger partial charge in [-0.05, 0) is 58.9 Å². The Morgan fingerprint density at radius 3 is 1.92 bits per heavy atom. The van der Waals surface area contributed by atoms with E-state index in [0.29, 0.717) is 0 Å². The van der Waals surface area contributed by atoms with Gasteiger partial charge in [-0.1, -0.05) is 0 Å². The molecular formula is C16H24N2O5S. The lowest BCUT2D eigenvalue weighted by Gasteiger charge is -2.23. The molecule has 24 heavy (non-hydrogen) atoms. The molecule has 0 bridgehead atoms. The molecule has 0 radical (unpaired) electrons. The topological polar surface area (TPSA) is 102 Å². The highest BCUT2D eigenvalue weighted by molar-refractivity contribution is 7.89. The summed E-state index contributed by atoms with van der Waals surface area (Å²) in [5.41, 5.74) is -1.56. The lowest BCUT2D eigenvalue weighted by molar-refractivity contribution is -0.146. The zero-order valence-corrected chi connectivity index (χ0v) is 15.6. The summed E-state index contributed by atoms with van der Waals surface area (Å²) in [6.07, 6.45) is 0. The van der Waals surface area contributed by atoms with E-state index in [9.17, 15) is 18.0 Å². The standard InChI is InChI=1S/C16H24N2O5S/c1-15(2,3)18-24(21,22)12-9-7-11(8-10-12)13(19)17-16(4,5)14(20)23-6/h7-10,18H,1-6H3,(H,17,19). The Morgan fingerprint density at radius 2 is 1.50 bits per heavy atom. The van der Waals surface area contributed by atoms with Gasteiger partial charge >= 0.3 is 5.97 Å². The Morgan fingerprint density at radius 1 is 1.00 bits per heavy atom. The maximum atomic E-state index is 12.2. The van der Waals surface area contributed by atoms with Crippen LogP contribution in [-0.4, -0.2) is 38.5 Å². The quantitative estimate of drug-likeness (QED) is 0.778. The van der Waals surface area contributed by atoms with Crippen molar-refractivity contribution >= 4 is 21.9 Å². The SMILES string of the molecule is COC(=O)C(C)(C)NC(=O)c1ccc(S(=O)(=O)NC(C)(C)C)cc1. The minimum Gasteiger partial charge on any atom is -0.467 e. The number of esters is 1. The number of rotatable bonds is 5. The molecule has 2 N–H and O–H groups in total. The minimum atomic E-state index is -3.67. The first-order chi connectivity index (χ1) is 10.8. The van der Waals surface area contributed by atoms with E-state index in [4.69, 9.17) is 0 Å². The molecule has 0 heterocycles. The maximum absolute atomic E-state index is 12.2. The van der Waals surface area contributed by atoms with Gasteiger partial charge in [-0.3, -0.25) is 4.79 Å². The van der Waals surface area contributed by atoms with Crippen molar-refractivity contribution in [2.75, 3.05) is 7.11 Å². The molecule has 1 amide bonds. The van der Waals surface area contributed by atoms with Gasteiger partial charge in [0.25, 0.3) is 5.91 Å². The third-order valence-corrected chi connectivity index (χ3v) is 4.76. The Labute approximate surface area is 142 Å². The van der Waals surface area contributed by atoms with Crippen molar-refractivity contribution in [1.29, 1.82) is 0 Å². The first-order valence-corrected chi connectivity index (χ1v) is 8.82. The summed E-state index contributed by atoms with van der Waals surface area (Å²) < 4.78 is 31.6. The van der Waals surface area contributed by atoms with Crippen LogP contribution in [0.4, 0.5) is 0 Å². The highest BCUT2D eigenvalue weighted by Crippen LogP contribution is 2.15. The molecule has 0 unspecified atom stereocenters. The van der Waals surface area contributed by atoms with E-state index in [0.717, 1.165) is 0 Å². The third kappa shape index (κ3) is 5.31. The summed E-state index contributed by atoms with van der Waals surface area (Å²) in [6.45, 7) is 8.25. The van der Waals surface area contributed by atoms with Crippen LogP contribution in [0.5, 0.6) is 0 Å². The minimum absolute atomic E-state index is 0.0567. The average molecular weight is 356 g/mol. The Hall–Kier alpha value is -1.93. The first-order valence-electron chi connectivity index (χ1n) is 7.33. The fourth-order valence-corrected chi connectivity index (χ4v) is 3.33. The smallest absolute Gasteiger partial charge is 0.330 e. The van der Waals surface area contributed by atoms with Crippen molar-refractivity contribution in [2.24, 2.45) is 0 Å². The summed E-state index contributed by atoms with van der Waals surface area (Å²) in [7, 11) is -2.43. The lowest BCUT2D eigenvalue weighted by atomic mass is 10.1. The number of hydrogen-bond acceptors (Lipinski definition) is 5. The molecular weight excluding hydrogens is 332 g/mol. The van der Waals surface area contributed by atoms with Crippen molar-refractivity contribution in [3.63, 3.8) is 0 Å². The number of nitrogens with one attached hydrogen (secondary N) is 2. The number of carbonyl (C=O) groups is 2. The number of ether oxygens (including phenoxy) is 1. The number of hydrogen-bond donors (Lipinski definition) is 2. The molecule has 1 rings (SSSR count). The summed E-state index contributed by atoms with van der Waals surface area (Å²) in [4.78, 5) is 23.8. The lowest BCUT2D eigenvalue weighted by Crippen LogP contribution is -2.50. The normalized spacial score (nSPS) is 12.6. The van der Waals surface area contributed by atoms with Crippen molar-refractivity contribution in [1.82, 2.24) is 10.0 Å². The van der Waals surface area contributed by atoms with Gasteiger partial charge in [0.1, 0.15) is 5.54 Å². The van der Waals surface area contributed by atoms with Crippen LogP contribution in [0.25, 0.3) is 0 Å². The van der Waals surface area contributed by atoms with Crippen LogP contribution in [0, 0.1) is 0 Å². The zero-order chi connectivity index (χ0) is 18.8. The Kier molecular flexibility index (Phi) is 5.78. The van der Waals surface area contributed by atoms with Crippen LogP contribution in [0.2, 0.25) is 0 Å². The average Bonchev–Trinajstić information content (AvgIpc) is 2.43. The fraction of sp³-hybridized carbons (Fsp3) is 0.500. The van der Waals surface area contributed by atoms with Gasteiger partial charge in [0.15, 0.2) is 0 Å².